The van der Waals surface area contributed by atoms with Crippen LogP contribution in [-0.2, 0) is 6.18 Å². The van der Waals surface area contributed by atoms with E-state index in [0.717, 1.165) is 12.1 Å². The van der Waals surface area contributed by atoms with Gasteiger partial charge in [-0.15, -0.1) is 0 Å². The molecular formula is C10H9F6N. The van der Waals surface area contributed by atoms with Gasteiger partial charge in [-0.05, 0) is 24.6 Å². The zero-order valence-electron chi connectivity index (χ0n) is 8.71. The molecule has 0 heterocycles. The number of hydrogen-bond acceptors (Lipinski definition) is 1. The molecule has 0 saturated heterocycles. The Labute approximate surface area is 93.4 Å². The van der Waals surface area contributed by atoms with Crippen LogP contribution >= 0.6 is 0 Å². The molecule has 0 unspecified atom stereocenters. The number of rotatable bonds is 2. The van der Waals surface area contributed by atoms with Gasteiger partial charge in [-0.25, -0.2) is 0 Å². The second-order valence-electron chi connectivity index (χ2n) is 3.50. The second-order valence-corrected chi connectivity index (χ2v) is 3.50. The van der Waals surface area contributed by atoms with Gasteiger partial charge in [-0.3, -0.25) is 0 Å². The second kappa shape index (κ2) is 4.46. The molecule has 0 bridgehead atoms. The number of halogens is 6. The molecule has 1 aromatic carbocycles. The van der Waals surface area contributed by atoms with E-state index >= 15 is 0 Å². The van der Waals surface area contributed by atoms with Crippen LogP contribution in [0, 0.1) is 6.92 Å². The predicted molar refractivity (Wildman–Crippen MR) is 50.7 cm³/mol. The van der Waals surface area contributed by atoms with E-state index in [2.05, 4.69) is 0 Å². The Morgan fingerprint density at radius 3 is 2.12 bits per heavy atom. The summed E-state index contributed by atoms with van der Waals surface area (Å²) in [5.74, 6) is 0. The molecule has 7 heteroatoms. The fraction of sp³-hybridized carbons (Fsp3) is 0.400. The summed E-state index contributed by atoms with van der Waals surface area (Å²) in [6.07, 6.45) is -9.04. The van der Waals surface area contributed by atoms with Gasteiger partial charge in [-0.2, -0.15) is 26.3 Å². The van der Waals surface area contributed by atoms with Crippen molar-refractivity contribution in [2.75, 3.05) is 11.9 Å². The molecule has 0 fully saturated rings. The van der Waals surface area contributed by atoms with E-state index in [4.69, 9.17) is 0 Å². The molecule has 0 aromatic heterocycles. The fourth-order valence-corrected chi connectivity index (χ4v) is 1.18. The summed E-state index contributed by atoms with van der Waals surface area (Å²) in [7, 11) is 0. The van der Waals surface area contributed by atoms with Gasteiger partial charge in [0.25, 0.3) is 0 Å². The van der Waals surface area contributed by atoms with E-state index in [1.807, 2.05) is 5.32 Å². The number of nitrogens with one attached hydrogen (secondary N) is 1. The van der Waals surface area contributed by atoms with Crippen LogP contribution in [0.3, 0.4) is 0 Å². The predicted octanol–water partition coefficient (Wildman–Crippen LogP) is 3.99. The molecule has 0 radical (unpaired) electrons. The lowest BCUT2D eigenvalue weighted by Gasteiger charge is -2.14. The van der Waals surface area contributed by atoms with Crippen molar-refractivity contribution in [2.24, 2.45) is 0 Å². The van der Waals surface area contributed by atoms with Crippen LogP contribution in [-0.4, -0.2) is 12.7 Å². The lowest BCUT2D eigenvalue weighted by molar-refractivity contribution is -0.137. The van der Waals surface area contributed by atoms with Gasteiger partial charge in [0.05, 0.1) is 5.56 Å². The molecule has 1 rings (SSSR count). The number of hydrogen-bond donors (Lipinski definition) is 1. The van der Waals surface area contributed by atoms with Crippen molar-refractivity contribution < 1.29 is 26.3 Å². The largest absolute Gasteiger partial charge is 0.416 e. The van der Waals surface area contributed by atoms with E-state index in [1.165, 1.54) is 6.92 Å². The Morgan fingerprint density at radius 2 is 1.65 bits per heavy atom. The van der Waals surface area contributed by atoms with Gasteiger partial charge >= 0.3 is 12.4 Å². The van der Waals surface area contributed by atoms with E-state index in [0.29, 0.717) is 11.6 Å². The van der Waals surface area contributed by atoms with E-state index < -0.39 is 24.5 Å². The Hall–Kier alpha value is -1.40. The highest BCUT2D eigenvalue weighted by Gasteiger charge is 2.31. The van der Waals surface area contributed by atoms with Gasteiger partial charge in [-0.1, -0.05) is 6.07 Å². The van der Waals surface area contributed by atoms with E-state index in [-0.39, 0.29) is 5.69 Å². The molecular weight excluding hydrogens is 248 g/mol. The van der Waals surface area contributed by atoms with Gasteiger partial charge in [0.15, 0.2) is 0 Å². The number of anilines is 1. The van der Waals surface area contributed by atoms with Crippen LogP contribution in [0.1, 0.15) is 11.1 Å². The quantitative estimate of drug-likeness (QED) is 0.790. The van der Waals surface area contributed by atoms with Crippen LogP contribution in [0.5, 0.6) is 0 Å². The molecule has 0 saturated carbocycles. The first kappa shape index (κ1) is 13.7. The Morgan fingerprint density at radius 1 is 1.06 bits per heavy atom. The minimum atomic E-state index is -4.57. The van der Waals surface area contributed by atoms with Crippen molar-refractivity contribution in [1.82, 2.24) is 0 Å². The highest BCUT2D eigenvalue weighted by atomic mass is 19.4. The lowest BCUT2D eigenvalue weighted by Crippen LogP contribution is -2.22. The first-order valence-corrected chi connectivity index (χ1v) is 4.58. The highest BCUT2D eigenvalue weighted by Crippen LogP contribution is 2.32. The van der Waals surface area contributed by atoms with E-state index in [1.54, 1.807) is 0 Å². The molecule has 1 nitrogen and oxygen atoms in total. The summed E-state index contributed by atoms with van der Waals surface area (Å²) in [4.78, 5) is 0. The Balaban J connectivity index is 2.92. The van der Waals surface area contributed by atoms with Crippen LogP contribution in [0.4, 0.5) is 32.0 Å². The van der Waals surface area contributed by atoms with Crippen molar-refractivity contribution >= 4 is 5.69 Å². The van der Waals surface area contributed by atoms with Crippen LogP contribution in [0.15, 0.2) is 18.2 Å². The zero-order chi connectivity index (χ0) is 13.3. The van der Waals surface area contributed by atoms with E-state index in [9.17, 15) is 26.3 Å². The molecule has 0 atom stereocenters. The van der Waals surface area contributed by atoms with Gasteiger partial charge in [0.1, 0.15) is 6.54 Å². The summed E-state index contributed by atoms with van der Waals surface area (Å²) < 4.78 is 72.7. The van der Waals surface area contributed by atoms with Gasteiger partial charge < -0.3 is 5.32 Å². The maximum atomic E-state index is 12.3. The molecule has 0 aliphatic heterocycles. The number of aryl methyl sites for hydroxylation is 1. The van der Waals surface area contributed by atoms with Crippen molar-refractivity contribution in [2.45, 2.75) is 19.3 Å². The van der Waals surface area contributed by atoms with Crippen LogP contribution in [0.25, 0.3) is 0 Å². The maximum Gasteiger partial charge on any atom is 0.416 e. The minimum Gasteiger partial charge on any atom is -0.376 e. The third-order valence-corrected chi connectivity index (χ3v) is 2.04. The summed E-state index contributed by atoms with van der Waals surface area (Å²) in [6, 6.07) is 2.62. The van der Waals surface area contributed by atoms with Gasteiger partial charge in [0.2, 0.25) is 0 Å². The average Bonchev–Trinajstić information content (AvgIpc) is 2.13. The third kappa shape index (κ3) is 4.16. The summed E-state index contributed by atoms with van der Waals surface area (Å²) in [5, 5.41) is 1.94. The van der Waals surface area contributed by atoms with Crippen molar-refractivity contribution in [1.29, 1.82) is 0 Å². The van der Waals surface area contributed by atoms with Crippen molar-refractivity contribution in [3.8, 4) is 0 Å². The van der Waals surface area contributed by atoms with Crippen molar-refractivity contribution in [3.63, 3.8) is 0 Å². The first-order chi connectivity index (χ1) is 7.59. The topological polar surface area (TPSA) is 12.0 Å². The average molecular weight is 257 g/mol. The molecule has 1 N–H and O–H groups in total. The lowest BCUT2D eigenvalue weighted by atomic mass is 10.1. The monoisotopic (exact) mass is 257 g/mol. The smallest absolute Gasteiger partial charge is 0.376 e. The highest BCUT2D eigenvalue weighted by molar-refractivity contribution is 5.53. The molecule has 0 aliphatic rings. The molecule has 0 aliphatic carbocycles. The zero-order valence-corrected chi connectivity index (χ0v) is 8.71. The Kier molecular flexibility index (Phi) is 3.59. The summed E-state index contributed by atoms with van der Waals surface area (Å²) in [5.41, 5.74) is -0.827. The fourth-order valence-electron chi connectivity index (χ4n) is 1.18. The molecule has 1 aromatic rings. The van der Waals surface area contributed by atoms with Crippen molar-refractivity contribution in [3.05, 3.63) is 29.3 Å². The standard InChI is InChI=1S/C10H9F6N/c1-6-2-3-7(10(14,15)16)4-8(6)17-5-9(11,12)13/h2-4,17H,5H2,1H3. The summed E-state index contributed by atoms with van der Waals surface area (Å²) in [6.45, 7) is 0.0635. The van der Waals surface area contributed by atoms with Crippen LogP contribution < -0.4 is 5.32 Å². The normalized spacial score (nSPS) is 12.6. The number of benzene rings is 1. The molecule has 0 spiro atoms. The molecule has 96 valence electrons. The Bertz CT molecular complexity index is 393. The van der Waals surface area contributed by atoms with Crippen LogP contribution in [0.2, 0.25) is 0 Å². The molecule has 0 amide bonds. The number of alkyl halides is 6. The third-order valence-electron chi connectivity index (χ3n) is 2.04. The maximum absolute atomic E-state index is 12.3. The van der Waals surface area contributed by atoms with Gasteiger partial charge in [0, 0.05) is 5.69 Å². The summed E-state index contributed by atoms with van der Waals surface area (Å²) >= 11 is 0. The minimum absolute atomic E-state index is 0.169. The molecule has 17 heavy (non-hydrogen) atoms. The first-order valence-electron chi connectivity index (χ1n) is 4.58. The SMILES string of the molecule is Cc1ccc(C(F)(F)F)cc1NCC(F)(F)F.